The van der Waals surface area contributed by atoms with Crippen LogP contribution >= 0.6 is 0 Å². The number of hydrogen-bond donors (Lipinski definition) is 5. The van der Waals surface area contributed by atoms with Crippen molar-refractivity contribution in [3.63, 3.8) is 0 Å². The highest BCUT2D eigenvalue weighted by Gasteiger charge is 2.66. The molecule has 0 amide bonds. The summed E-state index contributed by atoms with van der Waals surface area (Å²) in [6.07, 6.45) is 25.4. The molecule has 0 aromatic carbocycles. The highest BCUT2D eigenvalue weighted by molar-refractivity contribution is 5.15. The molecule has 4 rings (SSSR count). The smallest absolute Gasteiger partial charge is 0.0637 e. The third-order valence-electron chi connectivity index (χ3n) is 15.8. The molecule has 9 nitrogen and oxygen atoms in total. The van der Waals surface area contributed by atoms with Crippen molar-refractivity contribution in [2.24, 2.45) is 69.3 Å². The standard InChI is InChI=1S/C47H94N6O3/c1-5-6-7-8-9-10-28-53(30-16-27-52-26-12-22-48)29-11-17-37(2)40-18-19-41-45-42(36-44(47(40,41)4)56-33-15-25-51)46(3)21-20-39(54-31-13-23-49)34-38(46)35-43(45)55-32-14-24-50/h37-45,52H,5-36,48-51H2,1-4H3/t37-,38+,39-,40-,41+,42+,43-,44+,45+,46+,47-/m1/s1. The van der Waals surface area contributed by atoms with Gasteiger partial charge in [0.1, 0.15) is 0 Å². The maximum absolute atomic E-state index is 7.12. The Morgan fingerprint density at radius 3 is 2.04 bits per heavy atom. The van der Waals surface area contributed by atoms with Crippen molar-refractivity contribution in [2.75, 3.05) is 78.7 Å². The first-order valence-corrected chi connectivity index (χ1v) is 24.4. The van der Waals surface area contributed by atoms with Crippen molar-refractivity contribution in [1.29, 1.82) is 0 Å². The van der Waals surface area contributed by atoms with Crippen LogP contribution in [0.15, 0.2) is 0 Å². The zero-order valence-electron chi connectivity index (χ0n) is 37.3. The summed E-state index contributed by atoms with van der Waals surface area (Å²) in [5, 5.41) is 3.61. The number of ether oxygens (including phenoxy) is 3. The normalized spacial score (nSPS) is 33.4. The van der Waals surface area contributed by atoms with Crippen molar-refractivity contribution in [3.8, 4) is 0 Å². The van der Waals surface area contributed by atoms with Crippen molar-refractivity contribution >= 4 is 0 Å². The second-order valence-electron chi connectivity index (χ2n) is 19.5. The van der Waals surface area contributed by atoms with Gasteiger partial charge < -0.3 is 47.4 Å². The lowest BCUT2D eigenvalue weighted by Crippen LogP contribution is -2.63. The molecule has 0 aromatic rings. The summed E-state index contributed by atoms with van der Waals surface area (Å²) in [5.74, 6) is 3.81. The number of unbranched alkanes of at least 4 members (excludes halogenated alkanes) is 5. The van der Waals surface area contributed by atoms with Crippen LogP contribution < -0.4 is 28.3 Å². The number of fused-ring (bicyclic) bond motifs is 5. The molecule has 0 aliphatic heterocycles. The zero-order valence-corrected chi connectivity index (χ0v) is 37.3. The van der Waals surface area contributed by atoms with E-state index < -0.39 is 0 Å². The van der Waals surface area contributed by atoms with Crippen molar-refractivity contribution < 1.29 is 14.2 Å². The van der Waals surface area contributed by atoms with Crippen LogP contribution in [0.25, 0.3) is 0 Å². The Hall–Kier alpha value is -0.360. The molecule has 4 aliphatic carbocycles. The Morgan fingerprint density at radius 1 is 0.661 bits per heavy atom. The molecule has 56 heavy (non-hydrogen) atoms. The Morgan fingerprint density at radius 2 is 1.30 bits per heavy atom. The predicted octanol–water partition coefficient (Wildman–Crippen LogP) is 7.47. The third kappa shape index (κ3) is 13.3. The van der Waals surface area contributed by atoms with E-state index in [2.05, 4.69) is 37.9 Å². The van der Waals surface area contributed by atoms with E-state index in [1.54, 1.807) is 0 Å². The van der Waals surface area contributed by atoms with Gasteiger partial charge in [0.15, 0.2) is 0 Å². The average molecular weight is 791 g/mol. The molecule has 11 atom stereocenters. The van der Waals surface area contributed by atoms with E-state index in [0.29, 0.717) is 72.8 Å². The minimum atomic E-state index is 0.157. The minimum Gasteiger partial charge on any atom is -0.378 e. The third-order valence-corrected chi connectivity index (χ3v) is 15.8. The second kappa shape index (κ2) is 26.1. The maximum Gasteiger partial charge on any atom is 0.0637 e. The molecular weight excluding hydrogens is 697 g/mol. The summed E-state index contributed by atoms with van der Waals surface area (Å²) in [5.41, 5.74) is 24.1. The van der Waals surface area contributed by atoms with Gasteiger partial charge in [0.2, 0.25) is 0 Å². The topological polar surface area (TPSA) is 147 Å². The van der Waals surface area contributed by atoms with E-state index in [1.165, 1.54) is 116 Å². The molecule has 9 N–H and O–H groups in total. The molecule has 0 spiro atoms. The molecule has 0 bridgehead atoms. The van der Waals surface area contributed by atoms with Crippen molar-refractivity contribution in [1.82, 2.24) is 10.2 Å². The van der Waals surface area contributed by atoms with E-state index in [4.69, 9.17) is 37.1 Å². The summed E-state index contributed by atoms with van der Waals surface area (Å²) < 4.78 is 20.6. The monoisotopic (exact) mass is 791 g/mol. The average Bonchev–Trinajstić information content (AvgIpc) is 3.56. The van der Waals surface area contributed by atoms with Gasteiger partial charge in [-0.3, -0.25) is 0 Å². The van der Waals surface area contributed by atoms with Crippen LogP contribution in [0.2, 0.25) is 0 Å². The van der Waals surface area contributed by atoms with Gasteiger partial charge in [0.05, 0.1) is 18.3 Å². The van der Waals surface area contributed by atoms with Crippen LogP contribution in [0, 0.1) is 46.3 Å². The molecule has 0 unspecified atom stereocenters. The lowest BCUT2D eigenvalue weighted by molar-refractivity contribution is -0.227. The predicted molar refractivity (Wildman–Crippen MR) is 236 cm³/mol. The summed E-state index contributed by atoms with van der Waals surface area (Å²) in [7, 11) is 0. The van der Waals surface area contributed by atoms with Gasteiger partial charge in [-0.1, -0.05) is 59.8 Å². The van der Waals surface area contributed by atoms with Gasteiger partial charge in [0.25, 0.3) is 0 Å². The molecule has 0 saturated heterocycles. The van der Waals surface area contributed by atoms with E-state index in [-0.39, 0.29) is 11.5 Å². The first-order chi connectivity index (χ1) is 27.3. The lowest BCUT2D eigenvalue weighted by atomic mass is 9.43. The lowest BCUT2D eigenvalue weighted by Gasteiger charge is -2.65. The van der Waals surface area contributed by atoms with Crippen LogP contribution in [-0.4, -0.2) is 102 Å². The maximum atomic E-state index is 7.12. The SMILES string of the molecule is CCCCCCCCN(CCCNCCCN)CCC[C@@H](C)[C@H]1CC[C@H]2[C@@H]3[C@H](OCCCN)C[C@@H]4C[C@H](OCCCN)CC[C@]4(C)[C@H]3C[C@H](OCCCN)[C@]12C. The van der Waals surface area contributed by atoms with Gasteiger partial charge in [-0.25, -0.2) is 0 Å². The fraction of sp³-hybridized carbons (Fsp3) is 1.00. The molecule has 0 radical (unpaired) electrons. The number of nitrogens with one attached hydrogen (secondary N) is 1. The molecule has 9 heteroatoms. The van der Waals surface area contributed by atoms with E-state index in [0.717, 1.165) is 71.6 Å². The van der Waals surface area contributed by atoms with E-state index in [9.17, 15) is 0 Å². The highest BCUT2D eigenvalue weighted by Crippen LogP contribution is 2.69. The molecular formula is C47H94N6O3. The molecule has 0 heterocycles. The van der Waals surface area contributed by atoms with E-state index in [1.807, 2.05) is 0 Å². The van der Waals surface area contributed by atoms with Crippen LogP contribution in [0.5, 0.6) is 0 Å². The first kappa shape index (κ1) is 48.3. The van der Waals surface area contributed by atoms with Gasteiger partial charge in [-0.2, -0.15) is 0 Å². The largest absolute Gasteiger partial charge is 0.378 e. The van der Waals surface area contributed by atoms with Crippen LogP contribution in [0.4, 0.5) is 0 Å². The number of nitrogens with two attached hydrogens (primary N) is 4. The second-order valence-corrected chi connectivity index (χ2v) is 19.5. The fourth-order valence-electron chi connectivity index (χ4n) is 12.7. The zero-order chi connectivity index (χ0) is 40.2. The molecule has 330 valence electrons. The van der Waals surface area contributed by atoms with Crippen molar-refractivity contribution in [3.05, 3.63) is 0 Å². The van der Waals surface area contributed by atoms with Gasteiger partial charge in [-0.15, -0.1) is 0 Å². The Balaban J connectivity index is 1.47. The molecule has 4 saturated carbocycles. The molecule has 4 aliphatic rings. The Kier molecular flexibility index (Phi) is 22.5. The Bertz CT molecular complexity index is 1010. The summed E-state index contributed by atoms with van der Waals surface area (Å²) >= 11 is 0. The van der Waals surface area contributed by atoms with Crippen LogP contribution in [0.3, 0.4) is 0 Å². The Labute approximate surface area is 346 Å². The summed E-state index contributed by atoms with van der Waals surface area (Å²) in [6.45, 7) is 21.3. The van der Waals surface area contributed by atoms with Crippen LogP contribution in [-0.2, 0) is 14.2 Å². The van der Waals surface area contributed by atoms with Gasteiger partial charge >= 0.3 is 0 Å². The number of nitrogens with zero attached hydrogens (tertiary/aromatic N) is 1. The first-order valence-electron chi connectivity index (χ1n) is 24.4. The van der Waals surface area contributed by atoms with Gasteiger partial charge in [0, 0.05) is 25.2 Å². The molecule has 4 fully saturated rings. The minimum absolute atomic E-state index is 0.157. The number of rotatable bonds is 31. The molecule has 0 aromatic heterocycles. The fourth-order valence-corrected chi connectivity index (χ4v) is 12.7. The summed E-state index contributed by atoms with van der Waals surface area (Å²) in [6, 6.07) is 0. The van der Waals surface area contributed by atoms with Crippen molar-refractivity contribution in [2.45, 2.75) is 174 Å². The quantitative estimate of drug-likeness (QED) is 0.0452. The summed E-state index contributed by atoms with van der Waals surface area (Å²) in [4.78, 5) is 2.79. The van der Waals surface area contributed by atoms with Gasteiger partial charge in [-0.05, 0) is 196 Å². The van der Waals surface area contributed by atoms with E-state index >= 15 is 0 Å². The number of hydrogen-bond acceptors (Lipinski definition) is 9. The highest BCUT2D eigenvalue weighted by atomic mass is 16.5. The van der Waals surface area contributed by atoms with Crippen LogP contribution in [0.1, 0.15) is 156 Å².